The Balaban J connectivity index is 1.44. The highest BCUT2D eigenvalue weighted by atomic mass is 127. The molecule has 2 unspecified atom stereocenters. The number of carbonyl (C=O) groups excluding carboxylic acids is 2. The van der Waals surface area contributed by atoms with E-state index in [1.807, 2.05) is 23.7 Å². The van der Waals surface area contributed by atoms with Crippen LogP contribution in [0.15, 0.2) is 48.5 Å². The number of fused-ring (bicyclic) bond motifs is 2. The van der Waals surface area contributed by atoms with Gasteiger partial charge in [0.1, 0.15) is 6.17 Å². The summed E-state index contributed by atoms with van der Waals surface area (Å²) in [5.41, 5.74) is 3.81. The molecule has 11 heteroatoms. The van der Waals surface area contributed by atoms with Crippen molar-refractivity contribution in [2.45, 2.75) is 36.0 Å². The van der Waals surface area contributed by atoms with Crippen molar-refractivity contribution in [3.05, 3.63) is 54.1 Å². The standard InChI is InChI=1S/C26H25F3IN5O2/c1-3-35-20-7-5-4-6-15(20)11-22(35)23-32-19-10-16(8-9-21(19)33(23)2)24(36)34-13-17(27)12-18(14-34)31-25(37)26(28,29)30/h4-11,17-18H,3,12-14H2,1-2H3,(H,31,37). The largest absolute Gasteiger partial charge is 0.372 e. The molecule has 0 aliphatic carbocycles. The van der Waals surface area contributed by atoms with Gasteiger partial charge < -0.3 is 19.4 Å². The number of imidazole rings is 1. The van der Waals surface area contributed by atoms with E-state index in [4.69, 9.17) is 4.98 Å². The van der Waals surface area contributed by atoms with Crippen LogP contribution < -0.4 is 5.32 Å². The van der Waals surface area contributed by atoms with Gasteiger partial charge in [-0.3, -0.25) is 9.59 Å². The summed E-state index contributed by atoms with van der Waals surface area (Å²) in [5.74, 6) is -1.19. The average molecular weight is 623 g/mol. The Kier molecular flexibility index (Phi) is 6.67. The van der Waals surface area contributed by atoms with Crippen molar-refractivity contribution < 1.29 is 22.8 Å². The van der Waals surface area contributed by atoms with Gasteiger partial charge in [0.25, 0.3) is 5.91 Å². The van der Waals surface area contributed by atoms with E-state index in [1.54, 1.807) is 18.2 Å². The van der Waals surface area contributed by atoms with Crippen molar-refractivity contribution in [2.75, 3.05) is 13.1 Å². The number of nitrogens with zero attached hydrogens (tertiary/aromatic N) is 4. The number of aryl methyl sites for hydroxylation is 2. The highest BCUT2D eigenvalue weighted by molar-refractivity contribution is 14.1. The normalized spacial score (nSPS) is 18.5. The van der Waals surface area contributed by atoms with E-state index >= 15 is 0 Å². The zero-order chi connectivity index (χ0) is 26.5. The van der Waals surface area contributed by atoms with Crippen LogP contribution in [0.1, 0.15) is 23.7 Å². The predicted octanol–water partition coefficient (Wildman–Crippen LogP) is 4.91. The maximum Gasteiger partial charge on any atom is 0.372 e. The maximum atomic E-state index is 14.4. The van der Waals surface area contributed by atoms with Crippen LogP contribution in [0.25, 0.3) is 33.5 Å². The number of amides is 2. The van der Waals surface area contributed by atoms with Gasteiger partial charge in [-0.05, 0) is 37.3 Å². The molecular weight excluding hydrogens is 598 g/mol. The molecule has 7 nitrogen and oxygen atoms in total. The number of piperidine rings is 1. The fourth-order valence-corrected chi connectivity index (χ4v) is 5.21. The molecule has 1 saturated heterocycles. The SMILES string of the molecule is CCn1c(-c2nc3cc(C(=O)N4CC(F)CC(NC(=O)C(F)(F)I)C4)ccc3n2C)cc2ccccc21. The smallest absolute Gasteiger partial charge is 0.346 e. The van der Waals surface area contributed by atoms with Crippen LogP contribution in [0.4, 0.5) is 13.2 Å². The number of nitrogens with one attached hydrogen (secondary N) is 1. The first kappa shape index (κ1) is 25.6. The molecule has 1 aliphatic rings. The zero-order valence-corrected chi connectivity index (χ0v) is 22.4. The first-order valence-electron chi connectivity index (χ1n) is 11.9. The summed E-state index contributed by atoms with van der Waals surface area (Å²) < 4.78 is 41.5. The number of alkyl halides is 4. The maximum absolute atomic E-state index is 14.4. The van der Waals surface area contributed by atoms with Gasteiger partial charge in [-0.1, -0.05) is 18.2 Å². The van der Waals surface area contributed by atoms with E-state index in [2.05, 4.69) is 35.0 Å². The van der Waals surface area contributed by atoms with Gasteiger partial charge in [0.2, 0.25) is 0 Å². The quantitative estimate of drug-likeness (QED) is 0.254. The lowest BCUT2D eigenvalue weighted by molar-refractivity contribution is -0.134. The lowest BCUT2D eigenvalue weighted by Gasteiger charge is -2.35. The van der Waals surface area contributed by atoms with Crippen molar-refractivity contribution in [3.8, 4) is 11.5 Å². The van der Waals surface area contributed by atoms with Gasteiger partial charge in [0, 0.05) is 71.7 Å². The number of halogens is 4. The second kappa shape index (κ2) is 9.66. The molecule has 1 N–H and O–H groups in total. The summed E-state index contributed by atoms with van der Waals surface area (Å²) in [7, 11) is 1.92. The third-order valence-corrected chi connectivity index (χ3v) is 7.25. The van der Waals surface area contributed by atoms with E-state index in [1.165, 1.54) is 4.90 Å². The molecule has 194 valence electrons. The summed E-state index contributed by atoms with van der Waals surface area (Å²) in [6.07, 6.45) is -1.57. The lowest BCUT2D eigenvalue weighted by Crippen LogP contribution is -2.55. The minimum absolute atomic E-state index is 0.0557. The minimum atomic E-state index is -3.61. The first-order chi connectivity index (χ1) is 17.6. The molecule has 5 rings (SSSR count). The van der Waals surface area contributed by atoms with Gasteiger partial charge in [0.05, 0.1) is 23.3 Å². The summed E-state index contributed by atoms with van der Waals surface area (Å²) in [6.45, 7) is 2.60. The third kappa shape index (κ3) is 4.80. The van der Waals surface area contributed by atoms with E-state index in [0.29, 0.717) is 11.1 Å². The number of hydrogen-bond donors (Lipinski definition) is 1. The van der Waals surface area contributed by atoms with E-state index in [9.17, 15) is 22.8 Å². The molecule has 1 aliphatic heterocycles. The Hall–Kier alpha value is -3.09. The van der Waals surface area contributed by atoms with Crippen molar-refractivity contribution >= 4 is 56.3 Å². The summed E-state index contributed by atoms with van der Waals surface area (Å²) in [5, 5.41) is 3.26. The number of hydrogen-bond acceptors (Lipinski definition) is 3. The van der Waals surface area contributed by atoms with Crippen LogP contribution in [0.5, 0.6) is 0 Å². The Morgan fingerprint density at radius 1 is 1.14 bits per heavy atom. The second-order valence-corrected chi connectivity index (χ2v) is 10.6. The van der Waals surface area contributed by atoms with Gasteiger partial charge >= 0.3 is 9.84 Å². The van der Waals surface area contributed by atoms with Crippen LogP contribution in [0, 0.1) is 0 Å². The fourth-order valence-electron chi connectivity index (χ4n) is 5.06. The monoisotopic (exact) mass is 623 g/mol. The summed E-state index contributed by atoms with van der Waals surface area (Å²) >= 11 is 0.727. The van der Waals surface area contributed by atoms with E-state index in [0.717, 1.165) is 57.1 Å². The average Bonchev–Trinajstić information content (AvgIpc) is 3.39. The van der Waals surface area contributed by atoms with Crippen molar-refractivity contribution in [1.29, 1.82) is 0 Å². The van der Waals surface area contributed by atoms with Gasteiger partial charge in [-0.2, -0.15) is 8.78 Å². The topological polar surface area (TPSA) is 72.2 Å². The van der Waals surface area contributed by atoms with Crippen LogP contribution in [0.3, 0.4) is 0 Å². The molecule has 2 aromatic heterocycles. The molecule has 0 spiro atoms. The highest BCUT2D eigenvalue weighted by Gasteiger charge is 2.39. The third-order valence-electron chi connectivity index (χ3n) is 6.76. The molecule has 0 radical (unpaired) electrons. The number of aromatic nitrogens is 3. The molecule has 0 bridgehead atoms. The molecule has 1 fully saturated rings. The summed E-state index contributed by atoms with van der Waals surface area (Å²) in [6, 6.07) is 14.4. The molecule has 2 aromatic carbocycles. The summed E-state index contributed by atoms with van der Waals surface area (Å²) in [4.78, 5) is 31.0. The Morgan fingerprint density at radius 2 is 1.89 bits per heavy atom. The van der Waals surface area contributed by atoms with Crippen LogP contribution >= 0.6 is 22.6 Å². The number of para-hydroxylation sites is 1. The Labute approximate surface area is 224 Å². The molecule has 3 heterocycles. The Bertz CT molecular complexity index is 1510. The number of carbonyl (C=O) groups is 2. The highest BCUT2D eigenvalue weighted by Crippen LogP contribution is 2.31. The van der Waals surface area contributed by atoms with Gasteiger partial charge in [-0.15, -0.1) is 0 Å². The molecular formula is C26H25F3IN5O2. The minimum Gasteiger partial charge on any atom is -0.346 e. The predicted molar refractivity (Wildman–Crippen MR) is 144 cm³/mol. The van der Waals surface area contributed by atoms with Crippen LogP contribution in [-0.4, -0.2) is 60.1 Å². The number of rotatable bonds is 5. The van der Waals surface area contributed by atoms with E-state index in [-0.39, 0.29) is 19.5 Å². The van der Waals surface area contributed by atoms with Crippen LogP contribution in [-0.2, 0) is 18.4 Å². The van der Waals surface area contributed by atoms with Crippen molar-refractivity contribution in [3.63, 3.8) is 0 Å². The van der Waals surface area contributed by atoms with Gasteiger partial charge in [-0.25, -0.2) is 9.37 Å². The number of benzene rings is 2. The van der Waals surface area contributed by atoms with Gasteiger partial charge in [0.15, 0.2) is 5.82 Å². The molecule has 2 amide bonds. The van der Waals surface area contributed by atoms with Crippen molar-refractivity contribution in [2.24, 2.45) is 7.05 Å². The van der Waals surface area contributed by atoms with E-state index < -0.39 is 28.0 Å². The second-order valence-electron chi connectivity index (χ2n) is 9.24. The number of likely N-dealkylation sites (tertiary alicyclic amines) is 1. The van der Waals surface area contributed by atoms with Crippen molar-refractivity contribution in [1.82, 2.24) is 24.3 Å². The Morgan fingerprint density at radius 3 is 2.62 bits per heavy atom. The first-order valence-corrected chi connectivity index (χ1v) is 13.0. The molecule has 37 heavy (non-hydrogen) atoms. The molecule has 2 atom stereocenters. The lowest BCUT2D eigenvalue weighted by atomic mass is 10.0. The molecule has 0 saturated carbocycles. The van der Waals surface area contributed by atoms with Crippen LogP contribution in [0.2, 0.25) is 0 Å². The molecule has 4 aromatic rings. The zero-order valence-electron chi connectivity index (χ0n) is 20.2. The fraction of sp³-hybridized carbons (Fsp3) is 0.346.